The summed E-state index contributed by atoms with van der Waals surface area (Å²) in [6.07, 6.45) is 24.3. The Morgan fingerprint density at radius 3 is 1.98 bits per heavy atom. The molecule has 0 amide bonds. The average Bonchev–Trinajstić information content (AvgIpc) is 2.90. The number of phosphoric acid groups is 1. The zero-order valence-electron chi connectivity index (χ0n) is 26.3. The number of likely N-dealkylation sites (N-methyl/N-ethyl adjacent to an activating group) is 1. The first-order chi connectivity index (χ1) is 19.5. The molecule has 2 unspecified atom stereocenters. The molecule has 0 aromatic rings. The number of rotatable bonds is 26. The average molecular weight is 603 g/mol. The number of carbonyl (C=O) groups is 2. The predicted octanol–water partition coefficient (Wildman–Crippen LogP) is 7.06. The third-order valence-corrected chi connectivity index (χ3v) is 6.97. The fourth-order valence-corrected chi connectivity index (χ4v) is 4.28. The highest BCUT2D eigenvalue weighted by molar-refractivity contribution is 7.47. The molecule has 0 aliphatic heterocycles. The summed E-state index contributed by atoms with van der Waals surface area (Å²) in [5.74, 6) is -0.916. The first-order valence-corrected chi connectivity index (χ1v) is 16.7. The van der Waals surface area contributed by atoms with Gasteiger partial charge in [-0.05, 0) is 38.5 Å². The Kier molecular flexibility index (Phi) is 23.7. The van der Waals surface area contributed by atoms with Gasteiger partial charge in [0.25, 0.3) is 0 Å². The van der Waals surface area contributed by atoms with Gasteiger partial charge >= 0.3 is 19.8 Å². The Morgan fingerprint density at radius 1 is 0.780 bits per heavy atom. The Bertz CT molecular complexity index is 819. The van der Waals surface area contributed by atoms with Crippen LogP contribution in [0.25, 0.3) is 0 Å². The minimum Gasteiger partial charge on any atom is -0.462 e. The highest BCUT2D eigenvalue weighted by atomic mass is 31.2. The van der Waals surface area contributed by atoms with Crippen molar-refractivity contribution in [3.05, 3.63) is 36.5 Å². The van der Waals surface area contributed by atoms with Crippen molar-refractivity contribution in [2.75, 3.05) is 47.5 Å². The number of unbranched alkanes of at least 4 members (excludes halogenated alkanes) is 7. The van der Waals surface area contributed by atoms with E-state index >= 15 is 0 Å². The molecule has 9 nitrogen and oxygen atoms in total. The number of hydrogen-bond acceptors (Lipinski definition) is 7. The van der Waals surface area contributed by atoms with Crippen LogP contribution < -0.4 is 0 Å². The lowest BCUT2D eigenvalue weighted by Gasteiger charge is -2.24. The summed E-state index contributed by atoms with van der Waals surface area (Å²) in [7, 11) is 1.45. The third kappa shape index (κ3) is 28.1. The van der Waals surface area contributed by atoms with Crippen molar-refractivity contribution in [1.82, 2.24) is 0 Å². The van der Waals surface area contributed by atoms with Crippen LogP contribution in [0.2, 0.25) is 0 Å². The summed E-state index contributed by atoms with van der Waals surface area (Å²) < 4.78 is 33.2. The molecule has 2 atom stereocenters. The highest BCUT2D eigenvalue weighted by Gasteiger charge is 2.26. The molecule has 0 aliphatic rings. The topological polar surface area (TPSA) is 108 Å². The van der Waals surface area contributed by atoms with Crippen molar-refractivity contribution < 1.29 is 42.1 Å². The predicted molar refractivity (Wildman–Crippen MR) is 164 cm³/mol. The number of esters is 2. The minimum atomic E-state index is -4.34. The molecule has 41 heavy (non-hydrogen) atoms. The number of nitrogens with zero attached hydrogens (tertiary/aromatic N) is 1. The molecule has 238 valence electrons. The van der Waals surface area contributed by atoms with Crippen LogP contribution in [0.15, 0.2) is 36.5 Å². The quantitative estimate of drug-likeness (QED) is 0.0369. The van der Waals surface area contributed by atoms with Crippen LogP contribution in [0.4, 0.5) is 0 Å². The SMILES string of the molecule is CC/C=C\C/C=C\C/C=C\CCCCCCCCCC(=O)OC(COC(=O)CC)COP(=O)(O)OCC[N+](C)(C)C. The van der Waals surface area contributed by atoms with Gasteiger partial charge in [-0.1, -0.05) is 82.4 Å². The standard InChI is InChI=1S/C31H56NO8P/c1-6-8-9-10-11-12-13-14-15-16-17-18-19-20-21-22-23-24-31(34)40-29(27-37-30(33)7-2)28-39-41(35,36)38-26-25-32(3,4)5/h8-9,11-12,14-15,29H,6-7,10,13,16-28H2,1-5H3/p+1/b9-8-,12-11-,15-14-. The van der Waals surface area contributed by atoms with E-state index in [1.807, 2.05) is 21.1 Å². The number of phosphoric ester groups is 1. The van der Waals surface area contributed by atoms with Crippen LogP contribution in [0.1, 0.15) is 97.3 Å². The molecule has 0 aliphatic carbocycles. The second-order valence-corrected chi connectivity index (χ2v) is 12.5. The zero-order chi connectivity index (χ0) is 30.8. The summed E-state index contributed by atoms with van der Waals surface area (Å²) in [4.78, 5) is 33.8. The molecule has 10 heteroatoms. The van der Waals surface area contributed by atoms with E-state index in [0.717, 1.165) is 44.9 Å². The molecular weight excluding hydrogens is 545 g/mol. The molecule has 1 N–H and O–H groups in total. The van der Waals surface area contributed by atoms with Crippen molar-refractivity contribution in [2.45, 2.75) is 103 Å². The number of hydrogen-bond donors (Lipinski definition) is 1. The Hall–Kier alpha value is -1.77. The number of allylic oxidation sites excluding steroid dienone is 6. The summed E-state index contributed by atoms with van der Waals surface area (Å²) in [5, 5.41) is 0. The van der Waals surface area contributed by atoms with Gasteiger partial charge in [0.05, 0.1) is 27.7 Å². The maximum absolute atomic E-state index is 12.3. The van der Waals surface area contributed by atoms with E-state index in [-0.39, 0.29) is 26.1 Å². The van der Waals surface area contributed by atoms with Crippen molar-refractivity contribution >= 4 is 19.8 Å². The van der Waals surface area contributed by atoms with Gasteiger partial charge in [-0.2, -0.15) is 0 Å². The van der Waals surface area contributed by atoms with E-state index in [2.05, 4.69) is 43.4 Å². The highest BCUT2D eigenvalue weighted by Crippen LogP contribution is 2.43. The number of quaternary nitrogens is 1. The van der Waals surface area contributed by atoms with Crippen molar-refractivity contribution in [1.29, 1.82) is 0 Å². The van der Waals surface area contributed by atoms with Gasteiger partial charge < -0.3 is 18.9 Å². The molecule has 0 fully saturated rings. The Labute approximate surface area is 249 Å². The number of ether oxygens (including phenoxy) is 2. The van der Waals surface area contributed by atoms with E-state index in [1.54, 1.807) is 6.92 Å². The zero-order valence-corrected chi connectivity index (χ0v) is 27.2. The van der Waals surface area contributed by atoms with Gasteiger partial charge in [-0.15, -0.1) is 0 Å². The van der Waals surface area contributed by atoms with E-state index < -0.39 is 32.5 Å². The second-order valence-electron chi connectivity index (χ2n) is 11.1. The lowest BCUT2D eigenvalue weighted by molar-refractivity contribution is -0.870. The fourth-order valence-electron chi connectivity index (χ4n) is 3.54. The smallest absolute Gasteiger partial charge is 0.462 e. The lowest BCUT2D eigenvalue weighted by atomic mass is 10.1. The molecule has 0 radical (unpaired) electrons. The van der Waals surface area contributed by atoms with Crippen molar-refractivity contribution in [3.63, 3.8) is 0 Å². The van der Waals surface area contributed by atoms with Crippen molar-refractivity contribution in [3.8, 4) is 0 Å². The lowest BCUT2D eigenvalue weighted by Crippen LogP contribution is -2.37. The number of carbonyl (C=O) groups excluding carboxylic acids is 2. The van der Waals surface area contributed by atoms with E-state index in [4.69, 9.17) is 18.5 Å². The monoisotopic (exact) mass is 602 g/mol. The molecule has 0 saturated heterocycles. The van der Waals surface area contributed by atoms with Gasteiger partial charge in [0.2, 0.25) is 0 Å². The first kappa shape index (κ1) is 39.2. The molecule has 0 aromatic heterocycles. The van der Waals surface area contributed by atoms with E-state index in [1.165, 1.54) is 19.3 Å². The molecular formula is C31H57NO8P+. The van der Waals surface area contributed by atoms with Crippen LogP contribution in [-0.4, -0.2) is 74.9 Å². The molecule has 0 bridgehead atoms. The Balaban J connectivity index is 4.12. The van der Waals surface area contributed by atoms with Gasteiger partial charge in [0.15, 0.2) is 6.10 Å². The van der Waals surface area contributed by atoms with Gasteiger partial charge in [-0.25, -0.2) is 4.57 Å². The molecule has 0 spiro atoms. The Morgan fingerprint density at radius 2 is 1.37 bits per heavy atom. The normalized spacial score (nSPS) is 14.6. The summed E-state index contributed by atoms with van der Waals surface area (Å²) in [6, 6.07) is 0. The van der Waals surface area contributed by atoms with Crippen LogP contribution in [-0.2, 0) is 32.7 Å². The van der Waals surface area contributed by atoms with Gasteiger partial charge in [-0.3, -0.25) is 18.6 Å². The van der Waals surface area contributed by atoms with Crippen LogP contribution in [0.3, 0.4) is 0 Å². The van der Waals surface area contributed by atoms with Crippen LogP contribution >= 0.6 is 7.82 Å². The largest absolute Gasteiger partial charge is 0.472 e. The molecule has 0 saturated carbocycles. The molecule has 0 heterocycles. The minimum absolute atomic E-state index is 0.0268. The van der Waals surface area contributed by atoms with E-state index in [9.17, 15) is 19.0 Å². The molecule has 0 aromatic carbocycles. The van der Waals surface area contributed by atoms with Crippen LogP contribution in [0, 0.1) is 0 Å². The maximum Gasteiger partial charge on any atom is 0.472 e. The van der Waals surface area contributed by atoms with E-state index in [0.29, 0.717) is 17.4 Å². The summed E-state index contributed by atoms with van der Waals surface area (Å²) >= 11 is 0. The summed E-state index contributed by atoms with van der Waals surface area (Å²) in [6.45, 7) is 3.66. The third-order valence-electron chi connectivity index (χ3n) is 5.99. The van der Waals surface area contributed by atoms with Gasteiger partial charge in [0, 0.05) is 12.8 Å². The first-order valence-electron chi connectivity index (χ1n) is 15.2. The maximum atomic E-state index is 12.3. The fraction of sp³-hybridized carbons (Fsp3) is 0.742. The second kappa shape index (κ2) is 24.8. The van der Waals surface area contributed by atoms with Crippen molar-refractivity contribution in [2.24, 2.45) is 0 Å². The summed E-state index contributed by atoms with van der Waals surface area (Å²) in [5.41, 5.74) is 0. The van der Waals surface area contributed by atoms with Crippen LogP contribution in [0.5, 0.6) is 0 Å². The molecule has 0 rings (SSSR count). The van der Waals surface area contributed by atoms with Gasteiger partial charge in [0.1, 0.15) is 19.8 Å².